The molecule has 0 amide bonds. The highest BCUT2D eigenvalue weighted by Crippen LogP contribution is 2.48. The lowest BCUT2D eigenvalue weighted by Crippen LogP contribution is -2.41. The number of rotatable bonds is 3. The van der Waals surface area contributed by atoms with Crippen molar-refractivity contribution in [2.24, 2.45) is 0 Å². The minimum absolute atomic E-state index is 0.827. The third-order valence-electron chi connectivity index (χ3n) is 4.39. The molecule has 1 saturated heterocycles. The van der Waals surface area contributed by atoms with E-state index in [-0.39, 0.29) is 0 Å². The summed E-state index contributed by atoms with van der Waals surface area (Å²) < 4.78 is 13.7. The Balaban J connectivity index is 1.65. The van der Waals surface area contributed by atoms with Gasteiger partial charge in [-0.3, -0.25) is 4.90 Å². The fraction of sp³-hybridized carbons (Fsp3) is 0.333. The summed E-state index contributed by atoms with van der Waals surface area (Å²) in [6.45, 7) is 5.57. The molecule has 2 aliphatic rings. The van der Waals surface area contributed by atoms with Crippen LogP contribution in [0.25, 0.3) is 0 Å². The van der Waals surface area contributed by atoms with Crippen molar-refractivity contribution in [2.45, 2.75) is 0 Å². The molecule has 0 aromatic heterocycles. The molecule has 2 aromatic rings. The molecule has 6 heteroatoms. The Hall–Kier alpha value is -1.08. The van der Waals surface area contributed by atoms with E-state index < -0.39 is 0 Å². The van der Waals surface area contributed by atoms with Crippen LogP contribution in [0.5, 0.6) is 11.5 Å². The normalized spacial score (nSPS) is 17.2. The molecule has 2 aliphatic heterocycles. The van der Waals surface area contributed by atoms with E-state index in [4.69, 9.17) is 9.47 Å². The van der Waals surface area contributed by atoms with Gasteiger partial charge in [0.1, 0.15) is 0 Å². The second-order valence-corrected chi connectivity index (χ2v) is 7.76. The first-order valence-electron chi connectivity index (χ1n) is 8.05. The quantitative estimate of drug-likeness (QED) is 0.667. The zero-order valence-corrected chi connectivity index (χ0v) is 16.3. The number of halogens is 2. The van der Waals surface area contributed by atoms with Crippen molar-refractivity contribution in [3.8, 4) is 11.5 Å². The molecule has 4 rings (SSSR count). The van der Waals surface area contributed by atoms with Gasteiger partial charge in [-0.2, -0.15) is 0 Å². The Morgan fingerprint density at radius 1 is 0.833 bits per heavy atom. The summed E-state index contributed by atoms with van der Waals surface area (Å²) in [5.74, 6) is 1.80. The van der Waals surface area contributed by atoms with Crippen molar-refractivity contribution in [1.29, 1.82) is 0 Å². The lowest BCUT2D eigenvalue weighted by Gasteiger charge is -2.35. The smallest absolute Gasteiger partial charge is 0.151 e. The fourth-order valence-electron chi connectivity index (χ4n) is 3.13. The lowest BCUT2D eigenvalue weighted by atomic mass is 10.1. The molecule has 2 aromatic carbocycles. The monoisotopic (exact) mass is 452 g/mol. The highest BCUT2D eigenvalue weighted by molar-refractivity contribution is 9.10. The van der Waals surface area contributed by atoms with Crippen LogP contribution < -0.4 is 9.64 Å². The minimum atomic E-state index is 0.827. The van der Waals surface area contributed by atoms with Gasteiger partial charge in [0.2, 0.25) is 0 Å². The van der Waals surface area contributed by atoms with E-state index in [1.54, 1.807) is 0 Å². The van der Waals surface area contributed by atoms with Crippen LogP contribution >= 0.6 is 31.9 Å². The Kier molecular flexibility index (Phi) is 4.81. The van der Waals surface area contributed by atoms with Gasteiger partial charge in [0.15, 0.2) is 11.5 Å². The summed E-state index contributed by atoms with van der Waals surface area (Å²) in [5.41, 5.74) is 2.20. The minimum Gasteiger partial charge on any atom is -0.453 e. The number of nitrogens with zero attached hydrogens (tertiary/aromatic N) is 2. The van der Waals surface area contributed by atoms with Crippen molar-refractivity contribution >= 4 is 43.2 Å². The number of hydrogen-bond donors (Lipinski definition) is 0. The van der Waals surface area contributed by atoms with Gasteiger partial charge in [-0.25, -0.2) is 0 Å². The number of hydrogen-bond acceptors (Lipinski definition) is 4. The van der Waals surface area contributed by atoms with Gasteiger partial charge in [0.25, 0.3) is 0 Å². The predicted molar refractivity (Wildman–Crippen MR) is 103 cm³/mol. The summed E-state index contributed by atoms with van der Waals surface area (Å²) in [7, 11) is 0. The highest BCUT2D eigenvalue weighted by Gasteiger charge is 2.25. The van der Waals surface area contributed by atoms with E-state index in [1.807, 2.05) is 24.3 Å². The Labute approximate surface area is 158 Å². The van der Waals surface area contributed by atoms with Crippen molar-refractivity contribution < 1.29 is 9.47 Å². The highest BCUT2D eigenvalue weighted by atomic mass is 79.9. The van der Waals surface area contributed by atoms with E-state index in [0.717, 1.165) is 71.2 Å². The SMILES string of the molecule is Brc1ccc2c(c1)N(CCN1CCOCC1)c1cc(Br)ccc1O2. The average Bonchev–Trinajstić information content (AvgIpc) is 2.60. The van der Waals surface area contributed by atoms with E-state index in [0.29, 0.717) is 0 Å². The number of morpholine rings is 1. The van der Waals surface area contributed by atoms with E-state index in [2.05, 4.69) is 53.8 Å². The summed E-state index contributed by atoms with van der Waals surface area (Å²) in [6.07, 6.45) is 0. The van der Waals surface area contributed by atoms with Crippen LogP contribution in [-0.4, -0.2) is 44.3 Å². The maximum Gasteiger partial charge on any atom is 0.151 e. The molecule has 0 saturated carbocycles. The molecule has 1 fully saturated rings. The summed E-state index contributed by atoms with van der Waals surface area (Å²) >= 11 is 7.16. The predicted octanol–water partition coefficient (Wildman–Crippen LogP) is 4.79. The summed E-state index contributed by atoms with van der Waals surface area (Å²) in [4.78, 5) is 4.80. The molecule has 4 nitrogen and oxygen atoms in total. The molecule has 0 aliphatic carbocycles. The van der Waals surface area contributed by atoms with Crippen molar-refractivity contribution in [2.75, 3.05) is 44.3 Å². The first-order chi connectivity index (χ1) is 11.7. The van der Waals surface area contributed by atoms with Gasteiger partial charge in [-0.1, -0.05) is 31.9 Å². The van der Waals surface area contributed by atoms with E-state index >= 15 is 0 Å². The number of anilines is 2. The van der Waals surface area contributed by atoms with E-state index in [9.17, 15) is 0 Å². The third kappa shape index (κ3) is 3.33. The van der Waals surface area contributed by atoms with Crippen LogP contribution in [0.1, 0.15) is 0 Å². The second kappa shape index (κ2) is 7.04. The maximum absolute atomic E-state index is 6.09. The molecule has 0 radical (unpaired) electrons. The van der Waals surface area contributed by atoms with E-state index in [1.165, 1.54) is 0 Å². The molecule has 0 atom stereocenters. The topological polar surface area (TPSA) is 24.9 Å². The van der Waals surface area contributed by atoms with Gasteiger partial charge in [0.05, 0.1) is 24.6 Å². The summed E-state index contributed by atoms with van der Waals surface area (Å²) in [6, 6.07) is 12.3. The van der Waals surface area contributed by atoms with Crippen molar-refractivity contribution in [3.05, 3.63) is 45.3 Å². The Bertz CT molecular complexity index is 696. The maximum atomic E-state index is 6.09. The summed E-state index contributed by atoms with van der Waals surface area (Å²) in [5, 5.41) is 0. The molecule has 2 heterocycles. The van der Waals surface area contributed by atoms with Crippen molar-refractivity contribution in [1.82, 2.24) is 4.90 Å². The molecule has 0 unspecified atom stereocenters. The molecule has 0 N–H and O–H groups in total. The standard InChI is InChI=1S/C18H18Br2N2O2/c19-13-1-3-17-15(11-13)22(6-5-21-7-9-23-10-8-21)16-12-14(20)2-4-18(16)24-17/h1-4,11-12H,5-10H2. The van der Waals surface area contributed by atoms with Gasteiger partial charge in [-0.15, -0.1) is 0 Å². The van der Waals surface area contributed by atoms with Crippen LogP contribution in [0.15, 0.2) is 45.3 Å². The molecule has 0 bridgehead atoms. The van der Waals surface area contributed by atoms with Crippen LogP contribution in [0, 0.1) is 0 Å². The van der Waals surface area contributed by atoms with Gasteiger partial charge >= 0.3 is 0 Å². The zero-order valence-electron chi connectivity index (χ0n) is 13.2. The first-order valence-corrected chi connectivity index (χ1v) is 9.64. The average molecular weight is 454 g/mol. The van der Waals surface area contributed by atoms with Gasteiger partial charge in [-0.05, 0) is 36.4 Å². The van der Waals surface area contributed by atoms with Crippen LogP contribution in [-0.2, 0) is 4.74 Å². The molecule has 126 valence electrons. The first kappa shape index (κ1) is 16.4. The molecule has 0 spiro atoms. The van der Waals surface area contributed by atoms with Crippen LogP contribution in [0.2, 0.25) is 0 Å². The zero-order chi connectivity index (χ0) is 16.5. The molecular formula is C18H18Br2N2O2. The fourth-order valence-corrected chi connectivity index (χ4v) is 3.83. The van der Waals surface area contributed by atoms with Crippen LogP contribution in [0.3, 0.4) is 0 Å². The number of ether oxygens (including phenoxy) is 2. The number of benzene rings is 2. The Morgan fingerprint density at radius 3 is 2.00 bits per heavy atom. The number of fused-ring (bicyclic) bond motifs is 2. The van der Waals surface area contributed by atoms with Gasteiger partial charge in [0, 0.05) is 35.1 Å². The lowest BCUT2D eigenvalue weighted by molar-refractivity contribution is 0.0394. The van der Waals surface area contributed by atoms with Gasteiger partial charge < -0.3 is 14.4 Å². The molecular weight excluding hydrogens is 436 g/mol. The second-order valence-electron chi connectivity index (χ2n) is 5.93. The third-order valence-corrected chi connectivity index (χ3v) is 5.37. The Morgan fingerprint density at radius 2 is 1.42 bits per heavy atom. The largest absolute Gasteiger partial charge is 0.453 e. The van der Waals surface area contributed by atoms with Crippen LogP contribution in [0.4, 0.5) is 11.4 Å². The molecule has 24 heavy (non-hydrogen) atoms. The van der Waals surface area contributed by atoms with Crippen molar-refractivity contribution in [3.63, 3.8) is 0 Å².